The van der Waals surface area contributed by atoms with Crippen molar-refractivity contribution >= 4 is 17.6 Å². The van der Waals surface area contributed by atoms with Crippen molar-refractivity contribution in [2.45, 2.75) is 26.9 Å². The van der Waals surface area contributed by atoms with Crippen LogP contribution in [0.3, 0.4) is 0 Å². The Morgan fingerprint density at radius 2 is 2.05 bits per heavy atom. The van der Waals surface area contributed by atoms with Crippen molar-refractivity contribution in [3.8, 4) is 0 Å². The molecule has 0 fully saturated rings. The lowest BCUT2D eigenvalue weighted by Crippen LogP contribution is -2.29. The van der Waals surface area contributed by atoms with Gasteiger partial charge in [0.1, 0.15) is 5.82 Å². The van der Waals surface area contributed by atoms with E-state index in [0.717, 1.165) is 0 Å². The molecule has 1 N–H and O–H groups in total. The molecule has 0 bridgehead atoms. The Labute approximate surface area is 126 Å². The van der Waals surface area contributed by atoms with Gasteiger partial charge in [-0.1, -0.05) is 11.2 Å². The number of carbonyl (C=O) groups excluding carboxylic acids is 2. The summed E-state index contributed by atoms with van der Waals surface area (Å²) in [5, 5.41) is 6.03. The number of amides is 1. The number of aryl methyl sites for hydroxylation is 2. The second kappa shape index (κ2) is 6.38. The molecule has 2 aromatic rings. The van der Waals surface area contributed by atoms with Gasteiger partial charge in [0.25, 0.3) is 5.91 Å². The summed E-state index contributed by atoms with van der Waals surface area (Å²) >= 11 is 0. The van der Waals surface area contributed by atoms with Crippen LogP contribution in [0.5, 0.6) is 0 Å². The molecule has 6 nitrogen and oxygen atoms in total. The molecule has 0 aliphatic heterocycles. The lowest BCUT2D eigenvalue weighted by atomic mass is 10.2. The molecular formula is C15H15FN2O4. The third-order valence-electron chi connectivity index (χ3n) is 2.92. The fourth-order valence-electron chi connectivity index (χ4n) is 1.65. The molecule has 116 valence electrons. The number of nitrogens with zero attached hydrogens (tertiary/aromatic N) is 1. The van der Waals surface area contributed by atoms with Crippen molar-refractivity contribution in [1.82, 2.24) is 5.16 Å². The zero-order valence-electron chi connectivity index (χ0n) is 12.3. The van der Waals surface area contributed by atoms with Gasteiger partial charge >= 0.3 is 5.97 Å². The van der Waals surface area contributed by atoms with Gasteiger partial charge in [0.15, 0.2) is 6.10 Å². The predicted octanol–water partition coefficient (Wildman–Crippen LogP) is 2.61. The Morgan fingerprint density at radius 1 is 1.32 bits per heavy atom. The van der Waals surface area contributed by atoms with Crippen LogP contribution in [0.4, 0.5) is 10.1 Å². The van der Waals surface area contributed by atoms with Crippen LogP contribution in [-0.2, 0) is 9.53 Å². The van der Waals surface area contributed by atoms with Gasteiger partial charge in [-0.25, -0.2) is 9.18 Å². The van der Waals surface area contributed by atoms with Crippen LogP contribution < -0.4 is 5.32 Å². The molecule has 7 heteroatoms. The van der Waals surface area contributed by atoms with E-state index < -0.39 is 23.8 Å². The van der Waals surface area contributed by atoms with Crippen LogP contribution in [0.2, 0.25) is 0 Å². The first-order valence-corrected chi connectivity index (χ1v) is 6.58. The number of aromatic nitrogens is 1. The minimum absolute atomic E-state index is 0.0847. The molecular weight excluding hydrogens is 291 g/mol. The first-order valence-electron chi connectivity index (χ1n) is 6.58. The highest BCUT2D eigenvalue weighted by Gasteiger charge is 2.21. The first-order chi connectivity index (χ1) is 10.4. The van der Waals surface area contributed by atoms with Gasteiger partial charge in [0.2, 0.25) is 5.76 Å². The van der Waals surface area contributed by atoms with Crippen LogP contribution in [0.25, 0.3) is 0 Å². The maximum atomic E-state index is 13.4. The Morgan fingerprint density at radius 3 is 2.64 bits per heavy atom. The third-order valence-corrected chi connectivity index (χ3v) is 2.92. The largest absolute Gasteiger partial charge is 0.447 e. The SMILES string of the molecule is Cc1cc(C(=O)O[C@@H](C)C(=O)Nc2ccc(C)c(F)c2)on1. The van der Waals surface area contributed by atoms with E-state index in [4.69, 9.17) is 9.26 Å². The molecule has 0 aliphatic carbocycles. The molecule has 0 aliphatic rings. The highest BCUT2D eigenvalue weighted by molar-refractivity contribution is 5.96. The van der Waals surface area contributed by atoms with Crippen LogP contribution in [-0.4, -0.2) is 23.1 Å². The van der Waals surface area contributed by atoms with E-state index in [2.05, 4.69) is 10.5 Å². The van der Waals surface area contributed by atoms with E-state index in [-0.39, 0.29) is 11.4 Å². The minimum atomic E-state index is -1.07. The average molecular weight is 306 g/mol. The summed E-state index contributed by atoms with van der Waals surface area (Å²) in [7, 11) is 0. The normalized spacial score (nSPS) is 11.8. The lowest BCUT2D eigenvalue weighted by molar-refractivity contribution is -0.123. The Kier molecular flexibility index (Phi) is 4.55. The van der Waals surface area contributed by atoms with Gasteiger partial charge in [0.05, 0.1) is 5.69 Å². The van der Waals surface area contributed by atoms with Crippen molar-refractivity contribution in [2.75, 3.05) is 5.32 Å². The second-order valence-electron chi connectivity index (χ2n) is 4.83. The molecule has 1 amide bonds. The molecule has 1 aromatic heterocycles. The molecule has 22 heavy (non-hydrogen) atoms. The number of hydrogen-bond donors (Lipinski definition) is 1. The number of esters is 1. The van der Waals surface area contributed by atoms with Gasteiger partial charge in [0, 0.05) is 11.8 Å². The van der Waals surface area contributed by atoms with Crippen LogP contribution in [0.1, 0.15) is 28.7 Å². The van der Waals surface area contributed by atoms with Crippen LogP contribution >= 0.6 is 0 Å². The molecule has 0 unspecified atom stereocenters. The van der Waals surface area contributed by atoms with Gasteiger partial charge in [-0.05, 0) is 38.5 Å². The predicted molar refractivity (Wildman–Crippen MR) is 75.9 cm³/mol. The van der Waals surface area contributed by atoms with Gasteiger partial charge in [-0.2, -0.15) is 0 Å². The molecule has 2 rings (SSSR count). The van der Waals surface area contributed by atoms with Gasteiger partial charge in [-0.3, -0.25) is 4.79 Å². The molecule has 1 atom stereocenters. The van der Waals surface area contributed by atoms with E-state index in [1.54, 1.807) is 26.0 Å². The number of hydrogen-bond acceptors (Lipinski definition) is 5. The van der Waals surface area contributed by atoms with Crippen molar-refractivity contribution < 1.29 is 23.2 Å². The average Bonchev–Trinajstić information content (AvgIpc) is 2.89. The fourth-order valence-corrected chi connectivity index (χ4v) is 1.65. The summed E-state index contributed by atoms with van der Waals surface area (Å²) < 4.78 is 23.1. The topological polar surface area (TPSA) is 81.4 Å². The molecule has 0 radical (unpaired) electrons. The van der Waals surface area contributed by atoms with Crippen molar-refractivity contribution in [1.29, 1.82) is 0 Å². The summed E-state index contributed by atoms with van der Waals surface area (Å²) in [6.07, 6.45) is -1.07. The lowest BCUT2D eigenvalue weighted by Gasteiger charge is -2.12. The van der Waals surface area contributed by atoms with E-state index in [1.807, 2.05) is 0 Å². The molecule has 0 spiro atoms. The third kappa shape index (κ3) is 3.69. The Hall–Kier alpha value is -2.70. The first kappa shape index (κ1) is 15.7. The van der Waals surface area contributed by atoms with Gasteiger partial charge in [-0.15, -0.1) is 0 Å². The quantitative estimate of drug-likeness (QED) is 0.878. The number of anilines is 1. The fraction of sp³-hybridized carbons (Fsp3) is 0.267. The smallest absolute Gasteiger partial charge is 0.377 e. The van der Waals surface area contributed by atoms with Crippen LogP contribution in [0.15, 0.2) is 28.8 Å². The van der Waals surface area contributed by atoms with Crippen LogP contribution in [0, 0.1) is 19.7 Å². The minimum Gasteiger partial charge on any atom is -0.447 e. The second-order valence-corrected chi connectivity index (χ2v) is 4.83. The zero-order valence-corrected chi connectivity index (χ0v) is 12.3. The molecule has 1 heterocycles. The van der Waals surface area contributed by atoms with E-state index in [1.165, 1.54) is 19.1 Å². The monoisotopic (exact) mass is 306 g/mol. The number of rotatable bonds is 4. The number of halogens is 1. The Balaban J connectivity index is 1.97. The van der Waals surface area contributed by atoms with Crippen molar-refractivity contribution in [3.63, 3.8) is 0 Å². The summed E-state index contributed by atoms with van der Waals surface area (Å²) in [6, 6.07) is 5.70. The summed E-state index contributed by atoms with van der Waals surface area (Å²) in [6.45, 7) is 4.67. The number of ether oxygens (including phenoxy) is 1. The van der Waals surface area contributed by atoms with E-state index in [0.29, 0.717) is 11.3 Å². The standard InChI is InChI=1S/C15H15FN2O4/c1-8-4-5-11(7-12(8)16)17-14(19)10(3)21-15(20)13-6-9(2)18-22-13/h4-7,10H,1-3H3,(H,17,19)/t10-/m0/s1. The Bertz CT molecular complexity index is 711. The molecule has 0 saturated carbocycles. The number of carbonyl (C=O) groups is 2. The molecule has 0 saturated heterocycles. The maximum Gasteiger partial charge on any atom is 0.377 e. The van der Waals surface area contributed by atoms with E-state index >= 15 is 0 Å². The van der Waals surface area contributed by atoms with Gasteiger partial charge < -0.3 is 14.6 Å². The zero-order chi connectivity index (χ0) is 16.3. The van der Waals surface area contributed by atoms with E-state index in [9.17, 15) is 14.0 Å². The molecule has 1 aromatic carbocycles. The van der Waals surface area contributed by atoms with Crippen molar-refractivity contribution in [3.05, 3.63) is 47.1 Å². The maximum absolute atomic E-state index is 13.4. The highest BCUT2D eigenvalue weighted by atomic mass is 19.1. The number of benzene rings is 1. The summed E-state index contributed by atoms with van der Waals surface area (Å²) in [4.78, 5) is 23.7. The summed E-state index contributed by atoms with van der Waals surface area (Å²) in [5.41, 5.74) is 1.28. The summed E-state index contributed by atoms with van der Waals surface area (Å²) in [5.74, 6) is -1.88. The van der Waals surface area contributed by atoms with Crippen molar-refractivity contribution in [2.24, 2.45) is 0 Å². The highest BCUT2D eigenvalue weighted by Crippen LogP contribution is 2.14. The number of nitrogens with one attached hydrogen (secondary N) is 1.